The largest absolute Gasteiger partial charge is 0.492 e. The normalized spacial score (nSPS) is 10.1. The van der Waals surface area contributed by atoms with Crippen molar-refractivity contribution in [2.24, 2.45) is 0 Å². The number of carbonyl (C=O) groups is 1. The van der Waals surface area contributed by atoms with E-state index in [9.17, 15) is 4.79 Å². The third kappa shape index (κ3) is 5.47. The molecule has 0 aliphatic carbocycles. The van der Waals surface area contributed by atoms with Gasteiger partial charge in [0.15, 0.2) is 0 Å². The second-order valence-corrected chi connectivity index (χ2v) is 5.49. The Bertz CT molecular complexity index is 599. The van der Waals surface area contributed by atoms with Crippen LogP contribution in [-0.4, -0.2) is 19.1 Å². The molecule has 4 nitrogen and oxygen atoms in total. The van der Waals surface area contributed by atoms with Crippen LogP contribution >= 0.6 is 15.9 Å². The zero-order chi connectivity index (χ0) is 15.1. The molecule has 0 spiro atoms. The maximum Gasteiger partial charge on any atom is 0.224 e. The Morgan fingerprint density at radius 1 is 1.19 bits per heavy atom. The number of benzene rings is 2. The van der Waals surface area contributed by atoms with Crippen LogP contribution < -0.4 is 15.8 Å². The molecule has 0 atom stereocenters. The fourth-order valence-corrected chi connectivity index (χ4v) is 2.08. The minimum Gasteiger partial charge on any atom is -0.492 e. The second kappa shape index (κ2) is 7.69. The Labute approximate surface area is 132 Å². The van der Waals surface area contributed by atoms with Crippen molar-refractivity contribution in [2.45, 2.75) is 6.42 Å². The molecule has 0 radical (unpaired) electrons. The van der Waals surface area contributed by atoms with Crippen molar-refractivity contribution < 1.29 is 9.53 Å². The lowest BCUT2D eigenvalue weighted by Crippen LogP contribution is -2.29. The summed E-state index contributed by atoms with van der Waals surface area (Å²) in [5.41, 5.74) is 7.29. The lowest BCUT2D eigenvalue weighted by molar-refractivity contribution is -0.120. The van der Waals surface area contributed by atoms with Crippen molar-refractivity contribution in [1.29, 1.82) is 0 Å². The molecule has 0 aromatic heterocycles. The van der Waals surface area contributed by atoms with Gasteiger partial charge in [-0.3, -0.25) is 4.79 Å². The van der Waals surface area contributed by atoms with E-state index in [4.69, 9.17) is 10.5 Å². The van der Waals surface area contributed by atoms with Crippen LogP contribution in [0.5, 0.6) is 5.75 Å². The van der Waals surface area contributed by atoms with E-state index >= 15 is 0 Å². The van der Waals surface area contributed by atoms with Gasteiger partial charge in [-0.25, -0.2) is 0 Å². The Balaban J connectivity index is 1.68. The summed E-state index contributed by atoms with van der Waals surface area (Å²) in [6.45, 7) is 0.875. The molecular formula is C16H17BrN2O2. The van der Waals surface area contributed by atoms with Gasteiger partial charge in [0.25, 0.3) is 0 Å². The van der Waals surface area contributed by atoms with Gasteiger partial charge >= 0.3 is 0 Å². The molecule has 0 heterocycles. The fourth-order valence-electron chi connectivity index (χ4n) is 1.81. The zero-order valence-corrected chi connectivity index (χ0v) is 13.1. The van der Waals surface area contributed by atoms with Crippen molar-refractivity contribution in [1.82, 2.24) is 5.32 Å². The SMILES string of the molecule is Nc1cccc(OCCNC(=O)Cc2ccc(Br)cc2)c1. The Kier molecular flexibility index (Phi) is 5.63. The van der Waals surface area contributed by atoms with Crippen molar-refractivity contribution in [3.8, 4) is 5.75 Å². The molecule has 0 aliphatic heterocycles. The van der Waals surface area contributed by atoms with Crippen molar-refractivity contribution >= 4 is 27.5 Å². The first-order chi connectivity index (χ1) is 10.1. The predicted octanol–water partition coefficient (Wildman–Crippen LogP) is 2.77. The highest BCUT2D eigenvalue weighted by Gasteiger charge is 2.03. The number of hydrogen-bond acceptors (Lipinski definition) is 3. The van der Waals surface area contributed by atoms with Crippen LogP contribution in [0.4, 0.5) is 5.69 Å². The maximum atomic E-state index is 11.8. The van der Waals surface area contributed by atoms with Crippen LogP contribution in [0.25, 0.3) is 0 Å². The highest BCUT2D eigenvalue weighted by Crippen LogP contribution is 2.14. The van der Waals surface area contributed by atoms with Crippen LogP contribution in [0.15, 0.2) is 53.0 Å². The van der Waals surface area contributed by atoms with E-state index in [1.807, 2.05) is 36.4 Å². The van der Waals surface area contributed by atoms with Crippen LogP contribution in [-0.2, 0) is 11.2 Å². The van der Waals surface area contributed by atoms with Crippen LogP contribution in [0.2, 0.25) is 0 Å². The van der Waals surface area contributed by atoms with Gasteiger partial charge in [0.1, 0.15) is 12.4 Å². The molecular weight excluding hydrogens is 332 g/mol. The summed E-state index contributed by atoms with van der Waals surface area (Å²) in [6, 6.07) is 14.9. The first-order valence-corrected chi connectivity index (χ1v) is 7.42. The lowest BCUT2D eigenvalue weighted by Gasteiger charge is -2.08. The highest BCUT2D eigenvalue weighted by molar-refractivity contribution is 9.10. The van der Waals surface area contributed by atoms with Crippen molar-refractivity contribution in [2.75, 3.05) is 18.9 Å². The number of carbonyl (C=O) groups excluding carboxylic acids is 1. The number of rotatable bonds is 6. The topological polar surface area (TPSA) is 64.3 Å². The lowest BCUT2D eigenvalue weighted by atomic mass is 10.1. The number of amides is 1. The molecule has 0 bridgehead atoms. The highest BCUT2D eigenvalue weighted by atomic mass is 79.9. The third-order valence-corrected chi connectivity index (χ3v) is 3.36. The van der Waals surface area contributed by atoms with Gasteiger partial charge in [0.05, 0.1) is 13.0 Å². The average molecular weight is 349 g/mol. The van der Waals surface area contributed by atoms with Crippen LogP contribution in [0.3, 0.4) is 0 Å². The molecule has 2 rings (SSSR count). The number of nitrogen functional groups attached to an aromatic ring is 1. The predicted molar refractivity (Wildman–Crippen MR) is 87.2 cm³/mol. The first-order valence-electron chi connectivity index (χ1n) is 6.63. The summed E-state index contributed by atoms with van der Waals surface area (Å²) in [4.78, 5) is 11.8. The van der Waals surface area contributed by atoms with Crippen molar-refractivity contribution in [3.63, 3.8) is 0 Å². The number of hydrogen-bond donors (Lipinski definition) is 2. The summed E-state index contributed by atoms with van der Waals surface area (Å²) >= 11 is 3.36. The minimum atomic E-state index is -0.0199. The summed E-state index contributed by atoms with van der Waals surface area (Å²) in [5, 5.41) is 2.82. The van der Waals surface area contributed by atoms with Crippen LogP contribution in [0.1, 0.15) is 5.56 Å². The standard InChI is InChI=1S/C16H17BrN2O2/c17-13-6-4-12(5-7-13)10-16(20)19-8-9-21-15-3-1-2-14(18)11-15/h1-7,11H,8-10,18H2,(H,19,20). The minimum absolute atomic E-state index is 0.0199. The van der Waals surface area contributed by atoms with Crippen LogP contribution in [0, 0.1) is 0 Å². The quantitative estimate of drug-likeness (QED) is 0.623. The molecule has 0 aliphatic rings. The Hall–Kier alpha value is -2.01. The number of halogens is 1. The molecule has 5 heteroatoms. The summed E-state index contributed by atoms with van der Waals surface area (Å²) in [5.74, 6) is 0.686. The summed E-state index contributed by atoms with van der Waals surface area (Å²) in [6.07, 6.45) is 0.367. The van der Waals surface area contributed by atoms with Gasteiger partial charge in [-0.15, -0.1) is 0 Å². The monoisotopic (exact) mass is 348 g/mol. The molecule has 0 saturated heterocycles. The molecule has 1 amide bonds. The average Bonchev–Trinajstić information content (AvgIpc) is 2.46. The van der Waals surface area contributed by atoms with E-state index in [0.717, 1.165) is 10.0 Å². The van der Waals surface area contributed by atoms with Gasteiger partial charge in [0.2, 0.25) is 5.91 Å². The summed E-state index contributed by atoms with van der Waals surface area (Å²) < 4.78 is 6.50. The Morgan fingerprint density at radius 2 is 1.95 bits per heavy atom. The molecule has 110 valence electrons. The number of ether oxygens (including phenoxy) is 1. The van der Waals surface area contributed by atoms with Gasteiger partial charge in [-0.05, 0) is 29.8 Å². The van der Waals surface area contributed by atoms with Gasteiger partial charge in [0, 0.05) is 16.2 Å². The van der Waals surface area contributed by atoms with E-state index in [0.29, 0.717) is 31.0 Å². The third-order valence-electron chi connectivity index (χ3n) is 2.83. The maximum absolute atomic E-state index is 11.8. The van der Waals surface area contributed by atoms with E-state index in [1.165, 1.54) is 0 Å². The number of nitrogens with two attached hydrogens (primary N) is 1. The molecule has 3 N–H and O–H groups in total. The summed E-state index contributed by atoms with van der Waals surface area (Å²) in [7, 11) is 0. The zero-order valence-electron chi connectivity index (χ0n) is 11.5. The fraction of sp³-hybridized carbons (Fsp3) is 0.188. The molecule has 21 heavy (non-hydrogen) atoms. The van der Waals surface area contributed by atoms with E-state index < -0.39 is 0 Å². The molecule has 0 unspecified atom stereocenters. The smallest absolute Gasteiger partial charge is 0.224 e. The van der Waals surface area contributed by atoms with E-state index in [1.54, 1.807) is 12.1 Å². The second-order valence-electron chi connectivity index (χ2n) is 4.57. The molecule has 2 aromatic carbocycles. The van der Waals surface area contributed by atoms with Gasteiger partial charge in [-0.1, -0.05) is 34.1 Å². The number of nitrogens with one attached hydrogen (secondary N) is 1. The van der Waals surface area contributed by atoms with E-state index in [2.05, 4.69) is 21.2 Å². The van der Waals surface area contributed by atoms with E-state index in [-0.39, 0.29) is 5.91 Å². The van der Waals surface area contributed by atoms with Gasteiger partial charge < -0.3 is 15.8 Å². The molecule has 2 aromatic rings. The number of anilines is 1. The molecule has 0 saturated carbocycles. The van der Waals surface area contributed by atoms with Crippen molar-refractivity contribution in [3.05, 3.63) is 58.6 Å². The Morgan fingerprint density at radius 3 is 2.67 bits per heavy atom. The molecule has 0 fully saturated rings. The first kappa shape index (κ1) is 15.4. The van der Waals surface area contributed by atoms with Gasteiger partial charge in [-0.2, -0.15) is 0 Å².